The Labute approximate surface area is 158 Å². The van der Waals surface area contributed by atoms with Crippen LogP contribution in [0.3, 0.4) is 0 Å². The molecule has 0 unspecified atom stereocenters. The minimum atomic E-state index is 0.329. The van der Waals surface area contributed by atoms with Crippen LogP contribution in [0.5, 0.6) is 11.6 Å². The SMILES string of the molecule is Cc1cc(Cl)cc(Br)c1Oc1ccnc(-c2c(N)cccc2C#N)n1. The second-order valence-electron chi connectivity index (χ2n) is 5.24. The predicted molar refractivity (Wildman–Crippen MR) is 101 cm³/mol. The third-order valence-corrected chi connectivity index (χ3v) is 4.28. The quantitative estimate of drug-likeness (QED) is 0.601. The molecule has 25 heavy (non-hydrogen) atoms. The summed E-state index contributed by atoms with van der Waals surface area (Å²) in [5.41, 5.74) is 8.18. The summed E-state index contributed by atoms with van der Waals surface area (Å²) in [6, 6.07) is 12.4. The molecule has 2 N–H and O–H groups in total. The van der Waals surface area contributed by atoms with E-state index in [-0.39, 0.29) is 0 Å². The molecule has 0 spiro atoms. The molecule has 2 aromatic carbocycles. The zero-order valence-electron chi connectivity index (χ0n) is 13.1. The molecule has 0 fully saturated rings. The van der Waals surface area contributed by atoms with Crippen molar-refractivity contribution in [1.29, 1.82) is 5.26 Å². The molecular formula is C18H12BrClN4O. The highest BCUT2D eigenvalue weighted by Crippen LogP contribution is 2.35. The number of nitriles is 1. The number of rotatable bonds is 3. The first-order valence-electron chi connectivity index (χ1n) is 7.25. The van der Waals surface area contributed by atoms with Crippen LogP contribution in [0.15, 0.2) is 47.1 Å². The average molecular weight is 416 g/mol. The Balaban J connectivity index is 2.04. The monoisotopic (exact) mass is 414 g/mol. The summed E-state index contributed by atoms with van der Waals surface area (Å²) in [4.78, 5) is 8.62. The van der Waals surface area contributed by atoms with Crippen molar-refractivity contribution in [3.63, 3.8) is 0 Å². The van der Waals surface area contributed by atoms with Gasteiger partial charge in [0.05, 0.1) is 21.7 Å². The molecule has 1 heterocycles. The standard InChI is InChI=1S/C18H12BrClN4O/c1-10-7-12(20)8-13(19)17(10)25-15-5-6-23-18(24-15)16-11(9-21)3-2-4-14(16)22/h2-8H,22H2,1H3. The molecule has 0 amide bonds. The topological polar surface area (TPSA) is 84.8 Å². The van der Waals surface area contributed by atoms with Gasteiger partial charge in [-0.25, -0.2) is 4.98 Å². The second kappa shape index (κ2) is 7.09. The van der Waals surface area contributed by atoms with Crippen molar-refractivity contribution in [2.24, 2.45) is 0 Å². The van der Waals surface area contributed by atoms with Gasteiger partial charge in [0.25, 0.3) is 0 Å². The van der Waals surface area contributed by atoms with Gasteiger partial charge in [0, 0.05) is 23.0 Å². The van der Waals surface area contributed by atoms with E-state index in [0.717, 1.165) is 10.0 Å². The maximum atomic E-state index is 9.30. The Bertz CT molecular complexity index is 978. The van der Waals surface area contributed by atoms with Crippen LogP contribution < -0.4 is 10.5 Å². The van der Waals surface area contributed by atoms with Gasteiger partial charge in [-0.1, -0.05) is 17.7 Å². The smallest absolute Gasteiger partial charge is 0.222 e. The summed E-state index contributed by atoms with van der Waals surface area (Å²) in [5, 5.41) is 9.90. The van der Waals surface area contributed by atoms with Gasteiger partial charge < -0.3 is 10.5 Å². The van der Waals surface area contributed by atoms with Gasteiger partial charge in [-0.05, 0) is 52.7 Å². The minimum Gasteiger partial charge on any atom is -0.437 e. The van der Waals surface area contributed by atoms with Crippen molar-refractivity contribution in [1.82, 2.24) is 9.97 Å². The van der Waals surface area contributed by atoms with Crippen LogP contribution in [-0.2, 0) is 0 Å². The Morgan fingerprint density at radius 1 is 1.28 bits per heavy atom. The lowest BCUT2D eigenvalue weighted by Crippen LogP contribution is -1.99. The number of hydrogen-bond donors (Lipinski definition) is 1. The van der Waals surface area contributed by atoms with Gasteiger partial charge in [0.1, 0.15) is 5.75 Å². The van der Waals surface area contributed by atoms with E-state index in [4.69, 9.17) is 22.1 Å². The number of nitrogens with two attached hydrogens (primary N) is 1. The van der Waals surface area contributed by atoms with Gasteiger partial charge in [0.2, 0.25) is 5.88 Å². The third kappa shape index (κ3) is 3.58. The minimum absolute atomic E-state index is 0.329. The normalized spacial score (nSPS) is 10.3. The highest BCUT2D eigenvalue weighted by molar-refractivity contribution is 9.10. The average Bonchev–Trinajstić information content (AvgIpc) is 2.58. The van der Waals surface area contributed by atoms with Crippen molar-refractivity contribution in [3.05, 3.63) is 63.2 Å². The number of aromatic nitrogens is 2. The molecule has 0 saturated carbocycles. The lowest BCUT2D eigenvalue weighted by atomic mass is 10.1. The van der Waals surface area contributed by atoms with Crippen molar-refractivity contribution < 1.29 is 4.74 Å². The van der Waals surface area contributed by atoms with Gasteiger partial charge in [-0.15, -0.1) is 0 Å². The van der Waals surface area contributed by atoms with E-state index in [1.807, 2.05) is 6.92 Å². The van der Waals surface area contributed by atoms with Gasteiger partial charge in [-0.3, -0.25) is 0 Å². The molecule has 0 bridgehead atoms. The molecule has 0 atom stereocenters. The zero-order valence-corrected chi connectivity index (χ0v) is 15.5. The number of ether oxygens (including phenoxy) is 1. The van der Waals surface area contributed by atoms with Crippen LogP contribution in [0.1, 0.15) is 11.1 Å². The van der Waals surface area contributed by atoms with E-state index in [9.17, 15) is 5.26 Å². The molecule has 7 heteroatoms. The van der Waals surface area contributed by atoms with Crippen LogP contribution in [0.2, 0.25) is 5.02 Å². The van der Waals surface area contributed by atoms with Crippen molar-refractivity contribution in [2.75, 3.05) is 5.73 Å². The van der Waals surface area contributed by atoms with Crippen molar-refractivity contribution in [3.8, 4) is 29.1 Å². The van der Waals surface area contributed by atoms with Crippen molar-refractivity contribution in [2.45, 2.75) is 6.92 Å². The summed E-state index contributed by atoms with van der Waals surface area (Å²) >= 11 is 9.46. The Kier molecular flexibility index (Phi) is 4.88. The summed E-state index contributed by atoms with van der Waals surface area (Å²) in [5.74, 6) is 1.27. The van der Waals surface area contributed by atoms with Gasteiger partial charge in [0.15, 0.2) is 5.82 Å². The van der Waals surface area contributed by atoms with Crippen LogP contribution in [-0.4, -0.2) is 9.97 Å². The number of benzene rings is 2. The Morgan fingerprint density at radius 3 is 2.80 bits per heavy atom. The molecule has 0 aliphatic carbocycles. The fourth-order valence-electron chi connectivity index (χ4n) is 2.36. The molecule has 0 aliphatic rings. The molecule has 0 saturated heterocycles. The first-order valence-corrected chi connectivity index (χ1v) is 8.42. The molecule has 0 radical (unpaired) electrons. The number of halogens is 2. The number of aryl methyl sites for hydroxylation is 1. The van der Waals surface area contributed by atoms with Crippen LogP contribution in [0, 0.1) is 18.3 Å². The van der Waals surface area contributed by atoms with Gasteiger partial charge >= 0.3 is 0 Å². The van der Waals surface area contributed by atoms with Gasteiger partial charge in [-0.2, -0.15) is 10.2 Å². The molecular weight excluding hydrogens is 404 g/mol. The molecule has 3 rings (SSSR count). The first kappa shape index (κ1) is 17.2. The summed E-state index contributed by atoms with van der Waals surface area (Å²) < 4.78 is 6.61. The molecule has 0 aliphatic heterocycles. The maximum absolute atomic E-state index is 9.30. The van der Waals surface area contributed by atoms with E-state index in [2.05, 4.69) is 32.0 Å². The largest absolute Gasteiger partial charge is 0.437 e. The van der Waals surface area contributed by atoms with E-state index >= 15 is 0 Å². The summed E-state index contributed by atoms with van der Waals surface area (Å²) in [6.45, 7) is 1.89. The van der Waals surface area contributed by atoms with Crippen LogP contribution in [0.4, 0.5) is 5.69 Å². The fraction of sp³-hybridized carbons (Fsp3) is 0.0556. The number of nitrogen functional groups attached to an aromatic ring is 1. The number of hydrogen-bond acceptors (Lipinski definition) is 5. The van der Waals surface area contributed by atoms with Crippen LogP contribution in [0.25, 0.3) is 11.4 Å². The highest BCUT2D eigenvalue weighted by Gasteiger charge is 2.14. The van der Waals surface area contributed by atoms with Crippen molar-refractivity contribution >= 4 is 33.2 Å². The summed E-state index contributed by atoms with van der Waals surface area (Å²) in [7, 11) is 0. The lowest BCUT2D eigenvalue weighted by molar-refractivity contribution is 0.456. The van der Waals surface area contributed by atoms with Crippen LogP contribution >= 0.6 is 27.5 Å². The fourth-order valence-corrected chi connectivity index (χ4v) is 3.40. The zero-order chi connectivity index (χ0) is 18.0. The first-order chi connectivity index (χ1) is 12.0. The second-order valence-corrected chi connectivity index (χ2v) is 6.53. The predicted octanol–water partition coefficient (Wildman–Crippen LogP) is 5.11. The molecule has 3 aromatic rings. The molecule has 1 aromatic heterocycles. The van der Waals surface area contributed by atoms with E-state index in [0.29, 0.717) is 39.3 Å². The third-order valence-electron chi connectivity index (χ3n) is 3.47. The Hall–Kier alpha value is -2.62. The van der Waals surface area contributed by atoms with E-state index in [1.165, 1.54) is 0 Å². The van der Waals surface area contributed by atoms with E-state index < -0.39 is 0 Å². The highest BCUT2D eigenvalue weighted by atomic mass is 79.9. The molecule has 5 nitrogen and oxygen atoms in total. The Morgan fingerprint density at radius 2 is 2.08 bits per heavy atom. The summed E-state index contributed by atoms with van der Waals surface area (Å²) in [6.07, 6.45) is 1.56. The number of nitrogens with zero attached hydrogens (tertiary/aromatic N) is 3. The van der Waals surface area contributed by atoms with E-state index in [1.54, 1.807) is 42.6 Å². The number of anilines is 1. The molecule has 124 valence electrons. The lowest BCUT2D eigenvalue weighted by Gasteiger charge is -2.12. The maximum Gasteiger partial charge on any atom is 0.222 e.